The van der Waals surface area contributed by atoms with E-state index in [1.807, 2.05) is 51.1 Å². The molecule has 5 nitrogen and oxygen atoms in total. The van der Waals surface area contributed by atoms with Gasteiger partial charge in [-0.2, -0.15) is 0 Å². The van der Waals surface area contributed by atoms with Crippen molar-refractivity contribution in [3.05, 3.63) is 54.1 Å². The van der Waals surface area contributed by atoms with Crippen LogP contribution in [-0.4, -0.2) is 28.9 Å². The number of benzene rings is 2. The molecule has 0 aromatic heterocycles. The molecule has 0 aliphatic rings. The van der Waals surface area contributed by atoms with Crippen LogP contribution in [0.4, 0.5) is 4.79 Å². The molecule has 0 unspecified atom stereocenters. The maximum absolute atomic E-state index is 11.6. The molecule has 0 aliphatic carbocycles. The Morgan fingerprint density at radius 2 is 1.75 bits per heavy atom. The summed E-state index contributed by atoms with van der Waals surface area (Å²) in [6.07, 6.45) is -0.448. The minimum Gasteiger partial charge on any atom is -0.444 e. The zero-order chi connectivity index (χ0) is 17.7. The molecule has 0 saturated heterocycles. The van der Waals surface area contributed by atoms with E-state index in [1.54, 1.807) is 18.2 Å². The highest BCUT2D eigenvalue weighted by atomic mass is 16.6. The van der Waals surface area contributed by atoms with Gasteiger partial charge in [0.25, 0.3) is 0 Å². The van der Waals surface area contributed by atoms with Crippen molar-refractivity contribution in [2.24, 2.45) is 0 Å². The van der Waals surface area contributed by atoms with Crippen LogP contribution in [0, 0.1) is 0 Å². The number of alkyl carbamates (subject to hydrolysis) is 1. The lowest BCUT2D eigenvalue weighted by Gasteiger charge is -2.19. The topological polar surface area (TPSA) is 78.8 Å². The molecule has 0 spiro atoms. The molecule has 0 radical (unpaired) electrons. The Balaban J connectivity index is 2.01. The molecule has 0 aliphatic heterocycles. The monoisotopic (exact) mass is 327 g/mol. The van der Waals surface area contributed by atoms with E-state index in [4.69, 9.17) is 4.74 Å². The van der Waals surface area contributed by atoms with Gasteiger partial charge in [-0.25, -0.2) is 4.79 Å². The number of ether oxygens (including phenoxy) is 1. The fourth-order valence-electron chi connectivity index (χ4n) is 2.18. The lowest BCUT2D eigenvalue weighted by Crippen LogP contribution is -2.32. The van der Waals surface area contributed by atoms with Crippen LogP contribution in [0.25, 0.3) is 11.1 Å². The second-order valence-corrected chi connectivity index (χ2v) is 6.55. The molecule has 0 saturated carbocycles. The predicted molar refractivity (Wildman–Crippen MR) is 94.8 cm³/mol. The Kier molecular flexibility index (Phi) is 5.64. The summed E-state index contributed by atoms with van der Waals surface area (Å²) in [5.74, 6) is 0. The molecule has 6 heteroatoms. The fraction of sp³-hybridized carbons (Fsp3) is 0.278. The summed E-state index contributed by atoms with van der Waals surface area (Å²) >= 11 is 0. The minimum absolute atomic E-state index is 0.380. The van der Waals surface area contributed by atoms with Crippen LogP contribution in [-0.2, 0) is 11.3 Å². The average molecular weight is 327 g/mol. The van der Waals surface area contributed by atoms with Gasteiger partial charge in [-0.05, 0) is 42.9 Å². The first kappa shape index (κ1) is 18.0. The van der Waals surface area contributed by atoms with Crippen molar-refractivity contribution in [3.8, 4) is 11.1 Å². The Bertz CT molecular complexity index is 693. The molecule has 2 aromatic carbocycles. The number of carbonyl (C=O) groups excluding carboxylic acids is 1. The van der Waals surface area contributed by atoms with Gasteiger partial charge < -0.3 is 20.1 Å². The summed E-state index contributed by atoms with van der Waals surface area (Å²) in [5, 5.41) is 21.2. The van der Waals surface area contributed by atoms with Crippen molar-refractivity contribution in [2.75, 3.05) is 0 Å². The largest absolute Gasteiger partial charge is 0.488 e. The van der Waals surface area contributed by atoms with Crippen LogP contribution in [0.2, 0.25) is 0 Å². The van der Waals surface area contributed by atoms with Crippen molar-refractivity contribution in [1.29, 1.82) is 0 Å². The van der Waals surface area contributed by atoms with E-state index < -0.39 is 18.8 Å². The molecular formula is C18H22BNO4. The van der Waals surface area contributed by atoms with Crippen LogP contribution in [0.5, 0.6) is 0 Å². The lowest BCUT2D eigenvalue weighted by molar-refractivity contribution is 0.0523. The fourth-order valence-corrected chi connectivity index (χ4v) is 2.18. The summed E-state index contributed by atoms with van der Waals surface area (Å²) in [6, 6.07) is 14.8. The van der Waals surface area contributed by atoms with Crippen molar-refractivity contribution in [3.63, 3.8) is 0 Å². The summed E-state index contributed by atoms with van der Waals surface area (Å²) in [5.41, 5.74) is 2.73. The van der Waals surface area contributed by atoms with Gasteiger partial charge in [0.15, 0.2) is 0 Å². The van der Waals surface area contributed by atoms with Crippen molar-refractivity contribution in [1.82, 2.24) is 5.32 Å². The predicted octanol–water partition coefficient (Wildman–Crippen LogP) is 2.06. The Morgan fingerprint density at radius 1 is 1.08 bits per heavy atom. The number of rotatable bonds is 4. The van der Waals surface area contributed by atoms with E-state index in [-0.39, 0.29) is 0 Å². The molecule has 0 bridgehead atoms. The summed E-state index contributed by atoms with van der Waals surface area (Å²) in [4.78, 5) is 11.6. The molecule has 1 amide bonds. The first-order valence-electron chi connectivity index (χ1n) is 7.77. The molecule has 0 fully saturated rings. The first-order valence-corrected chi connectivity index (χ1v) is 7.77. The minimum atomic E-state index is -1.48. The third-order valence-electron chi connectivity index (χ3n) is 3.31. The zero-order valence-electron chi connectivity index (χ0n) is 14.1. The summed E-state index contributed by atoms with van der Waals surface area (Å²) in [6.45, 7) is 5.83. The second kappa shape index (κ2) is 7.51. The van der Waals surface area contributed by atoms with E-state index >= 15 is 0 Å². The molecule has 3 N–H and O–H groups in total. The lowest BCUT2D eigenvalue weighted by atomic mass is 9.79. The smallest absolute Gasteiger partial charge is 0.444 e. The molecule has 2 rings (SSSR count). The third kappa shape index (κ3) is 5.40. The van der Waals surface area contributed by atoms with Gasteiger partial charge in [-0.3, -0.25) is 0 Å². The van der Waals surface area contributed by atoms with E-state index in [1.165, 1.54) is 0 Å². The highest BCUT2D eigenvalue weighted by Crippen LogP contribution is 2.19. The highest BCUT2D eigenvalue weighted by Gasteiger charge is 2.15. The molecule has 24 heavy (non-hydrogen) atoms. The first-order chi connectivity index (χ1) is 11.2. The van der Waals surface area contributed by atoms with Crippen molar-refractivity contribution in [2.45, 2.75) is 32.9 Å². The van der Waals surface area contributed by atoms with Gasteiger partial charge in [-0.1, -0.05) is 48.5 Å². The summed E-state index contributed by atoms with van der Waals surface area (Å²) in [7, 11) is -1.48. The normalized spacial score (nSPS) is 11.0. The summed E-state index contributed by atoms with van der Waals surface area (Å²) < 4.78 is 5.19. The van der Waals surface area contributed by atoms with Crippen LogP contribution < -0.4 is 10.8 Å². The van der Waals surface area contributed by atoms with Gasteiger partial charge in [0.2, 0.25) is 0 Å². The number of carbonyl (C=O) groups is 1. The Hall–Kier alpha value is -2.31. The maximum Gasteiger partial charge on any atom is 0.488 e. The average Bonchev–Trinajstić information content (AvgIpc) is 2.52. The van der Waals surface area contributed by atoms with Crippen LogP contribution >= 0.6 is 0 Å². The molecule has 126 valence electrons. The van der Waals surface area contributed by atoms with Gasteiger partial charge in [0, 0.05) is 6.54 Å². The van der Waals surface area contributed by atoms with E-state index in [2.05, 4.69) is 5.32 Å². The van der Waals surface area contributed by atoms with Crippen molar-refractivity contribution < 1.29 is 19.6 Å². The van der Waals surface area contributed by atoms with E-state index in [0.717, 1.165) is 16.7 Å². The Labute approximate surface area is 142 Å². The second-order valence-electron chi connectivity index (χ2n) is 6.55. The molecular weight excluding hydrogens is 305 g/mol. The maximum atomic E-state index is 11.6. The zero-order valence-corrected chi connectivity index (χ0v) is 14.1. The van der Waals surface area contributed by atoms with E-state index in [0.29, 0.717) is 12.0 Å². The van der Waals surface area contributed by atoms with Gasteiger partial charge >= 0.3 is 13.2 Å². The van der Waals surface area contributed by atoms with Gasteiger partial charge in [-0.15, -0.1) is 0 Å². The van der Waals surface area contributed by atoms with E-state index in [9.17, 15) is 14.8 Å². The quantitative estimate of drug-likeness (QED) is 0.751. The van der Waals surface area contributed by atoms with Gasteiger partial charge in [0.1, 0.15) is 5.60 Å². The van der Waals surface area contributed by atoms with Gasteiger partial charge in [0.05, 0.1) is 0 Å². The third-order valence-corrected chi connectivity index (χ3v) is 3.31. The van der Waals surface area contributed by atoms with Crippen LogP contribution in [0.1, 0.15) is 26.3 Å². The molecule has 0 atom stereocenters. The number of hydrogen-bond acceptors (Lipinski definition) is 4. The molecule has 2 aromatic rings. The van der Waals surface area contributed by atoms with Crippen LogP contribution in [0.15, 0.2) is 48.5 Å². The van der Waals surface area contributed by atoms with Crippen LogP contribution in [0.3, 0.4) is 0 Å². The SMILES string of the molecule is CC(C)(C)OC(=O)NCc1ccc(-c2cccc(B(O)O)c2)cc1. The van der Waals surface area contributed by atoms with Crippen molar-refractivity contribution >= 4 is 18.7 Å². The molecule has 0 heterocycles. The Morgan fingerprint density at radius 3 is 2.33 bits per heavy atom. The number of amides is 1. The number of hydrogen-bond donors (Lipinski definition) is 3. The highest BCUT2D eigenvalue weighted by molar-refractivity contribution is 6.58. The standard InChI is InChI=1S/C18H22BNO4/c1-18(2,3)24-17(21)20-12-13-7-9-14(10-8-13)15-5-4-6-16(11-15)19(22)23/h4-11,22-23H,12H2,1-3H3,(H,20,21). The number of nitrogens with one attached hydrogen (secondary N) is 1.